The first-order chi connectivity index (χ1) is 9.29. The van der Waals surface area contributed by atoms with Crippen LogP contribution in [0.15, 0.2) is 42.6 Å². The quantitative estimate of drug-likeness (QED) is 0.915. The van der Waals surface area contributed by atoms with Gasteiger partial charge in [-0.1, -0.05) is 24.3 Å². The van der Waals surface area contributed by atoms with Crippen molar-refractivity contribution in [3.05, 3.63) is 59.4 Å². The summed E-state index contributed by atoms with van der Waals surface area (Å²) in [5.41, 5.74) is 10.1. The number of benzene rings is 1. The number of methoxy groups -OCH3 is 1. The highest BCUT2D eigenvalue weighted by molar-refractivity contribution is 5.35. The van der Waals surface area contributed by atoms with Crippen molar-refractivity contribution in [1.82, 2.24) is 4.98 Å². The van der Waals surface area contributed by atoms with Crippen molar-refractivity contribution in [3.63, 3.8) is 0 Å². The largest absolute Gasteiger partial charge is 0.495 e. The molecule has 0 aliphatic heterocycles. The average Bonchev–Trinajstić information content (AvgIpc) is 2.90. The fraction of sp³-hybridized carbons (Fsp3) is 0.312. The van der Waals surface area contributed by atoms with Gasteiger partial charge in [0, 0.05) is 6.20 Å². The molecule has 19 heavy (non-hydrogen) atoms. The molecule has 1 unspecified atom stereocenters. The number of rotatable bonds is 3. The predicted molar refractivity (Wildman–Crippen MR) is 75.1 cm³/mol. The molecule has 1 atom stereocenters. The first-order valence-electron chi connectivity index (χ1n) is 6.61. The van der Waals surface area contributed by atoms with Gasteiger partial charge in [-0.3, -0.25) is 4.98 Å². The van der Waals surface area contributed by atoms with E-state index in [-0.39, 0.29) is 6.04 Å². The Labute approximate surface area is 113 Å². The Kier molecular flexibility index (Phi) is 3.22. The maximum Gasteiger partial charge on any atom is 0.141 e. The van der Waals surface area contributed by atoms with Gasteiger partial charge in [-0.05, 0) is 42.0 Å². The Morgan fingerprint density at radius 3 is 2.47 bits per heavy atom. The third-order valence-electron chi connectivity index (χ3n) is 3.93. The average molecular weight is 254 g/mol. The Balaban J connectivity index is 1.85. The van der Waals surface area contributed by atoms with E-state index < -0.39 is 0 Å². The van der Waals surface area contributed by atoms with Gasteiger partial charge in [0.05, 0.1) is 18.8 Å². The van der Waals surface area contributed by atoms with Gasteiger partial charge >= 0.3 is 0 Å². The number of hydrogen-bond acceptors (Lipinski definition) is 3. The topological polar surface area (TPSA) is 48.1 Å². The summed E-state index contributed by atoms with van der Waals surface area (Å²) in [4.78, 5) is 4.41. The number of fused-ring (bicyclic) bond motifs is 1. The molecule has 2 N–H and O–H groups in total. The summed E-state index contributed by atoms with van der Waals surface area (Å²) in [5, 5.41) is 0. The summed E-state index contributed by atoms with van der Waals surface area (Å²) in [6, 6.07) is 12.3. The van der Waals surface area contributed by atoms with Crippen LogP contribution in [0.1, 0.15) is 22.9 Å². The highest BCUT2D eigenvalue weighted by Gasteiger charge is 2.29. The zero-order chi connectivity index (χ0) is 13.2. The zero-order valence-electron chi connectivity index (χ0n) is 11.0. The number of pyridine rings is 1. The number of aromatic nitrogens is 1. The lowest BCUT2D eigenvalue weighted by molar-refractivity contribution is 0.380. The molecule has 1 aromatic heterocycles. The van der Waals surface area contributed by atoms with Gasteiger partial charge in [0.25, 0.3) is 0 Å². The van der Waals surface area contributed by atoms with E-state index in [9.17, 15) is 0 Å². The molecular formula is C16H18N2O. The lowest BCUT2D eigenvalue weighted by Gasteiger charge is -2.20. The van der Waals surface area contributed by atoms with Crippen LogP contribution in [0.5, 0.6) is 5.75 Å². The van der Waals surface area contributed by atoms with Gasteiger partial charge in [-0.15, -0.1) is 0 Å². The molecule has 3 rings (SSSR count). The van der Waals surface area contributed by atoms with E-state index in [2.05, 4.69) is 29.2 Å². The van der Waals surface area contributed by atoms with Gasteiger partial charge in [0.15, 0.2) is 0 Å². The van der Waals surface area contributed by atoms with Crippen LogP contribution in [0.4, 0.5) is 0 Å². The van der Waals surface area contributed by atoms with Crippen molar-refractivity contribution in [3.8, 4) is 5.75 Å². The fourth-order valence-electron chi connectivity index (χ4n) is 2.90. The van der Waals surface area contributed by atoms with Crippen LogP contribution in [0.25, 0.3) is 0 Å². The van der Waals surface area contributed by atoms with Crippen LogP contribution < -0.4 is 10.5 Å². The summed E-state index contributed by atoms with van der Waals surface area (Å²) in [6.07, 6.45) is 3.83. The van der Waals surface area contributed by atoms with E-state index in [0.717, 1.165) is 24.3 Å². The first-order valence-corrected chi connectivity index (χ1v) is 6.61. The van der Waals surface area contributed by atoms with E-state index in [0.29, 0.717) is 5.92 Å². The van der Waals surface area contributed by atoms with Crippen LogP contribution in [0.2, 0.25) is 0 Å². The highest BCUT2D eigenvalue weighted by Crippen LogP contribution is 2.35. The van der Waals surface area contributed by atoms with E-state index in [1.807, 2.05) is 12.1 Å². The second-order valence-corrected chi connectivity index (χ2v) is 5.05. The Hall–Kier alpha value is -1.87. The van der Waals surface area contributed by atoms with Crippen LogP contribution in [0.3, 0.4) is 0 Å². The van der Waals surface area contributed by atoms with Gasteiger partial charge in [0.1, 0.15) is 5.75 Å². The highest BCUT2D eigenvalue weighted by atomic mass is 16.5. The predicted octanol–water partition coefficient (Wildman–Crippen LogP) is 2.51. The molecule has 0 fully saturated rings. The van der Waals surface area contributed by atoms with Crippen molar-refractivity contribution in [2.75, 3.05) is 7.11 Å². The molecule has 3 nitrogen and oxygen atoms in total. The third-order valence-corrected chi connectivity index (χ3v) is 3.93. The Bertz CT molecular complexity index is 557. The molecule has 1 heterocycles. The summed E-state index contributed by atoms with van der Waals surface area (Å²) in [6.45, 7) is 0. The Morgan fingerprint density at radius 2 is 1.84 bits per heavy atom. The van der Waals surface area contributed by atoms with Crippen LogP contribution >= 0.6 is 0 Å². The van der Waals surface area contributed by atoms with Crippen molar-refractivity contribution in [2.24, 2.45) is 11.7 Å². The molecule has 1 aliphatic rings. The van der Waals surface area contributed by atoms with Crippen LogP contribution in [-0.2, 0) is 12.8 Å². The smallest absolute Gasteiger partial charge is 0.141 e. The molecule has 0 radical (unpaired) electrons. The van der Waals surface area contributed by atoms with Gasteiger partial charge in [-0.2, -0.15) is 0 Å². The third kappa shape index (κ3) is 2.22. The fourth-order valence-corrected chi connectivity index (χ4v) is 2.90. The van der Waals surface area contributed by atoms with Crippen molar-refractivity contribution >= 4 is 0 Å². The number of hydrogen-bond donors (Lipinski definition) is 1. The van der Waals surface area contributed by atoms with Gasteiger partial charge in [0.2, 0.25) is 0 Å². The summed E-state index contributed by atoms with van der Waals surface area (Å²) in [7, 11) is 1.66. The van der Waals surface area contributed by atoms with E-state index >= 15 is 0 Å². The molecule has 98 valence electrons. The first kappa shape index (κ1) is 12.2. The second kappa shape index (κ2) is 5.02. The van der Waals surface area contributed by atoms with Crippen molar-refractivity contribution in [2.45, 2.75) is 18.9 Å². The molecule has 2 aromatic rings. The number of nitrogens with zero attached hydrogens (tertiary/aromatic N) is 1. The van der Waals surface area contributed by atoms with Gasteiger partial charge in [-0.25, -0.2) is 0 Å². The minimum atomic E-state index is -0.0800. The monoisotopic (exact) mass is 254 g/mol. The maximum absolute atomic E-state index is 6.41. The second-order valence-electron chi connectivity index (χ2n) is 5.05. The molecule has 0 spiro atoms. The van der Waals surface area contributed by atoms with Crippen molar-refractivity contribution < 1.29 is 4.74 Å². The lowest BCUT2D eigenvalue weighted by Crippen LogP contribution is -2.23. The SMILES string of the molecule is COc1cccnc1C(N)C1Cc2ccccc2C1. The minimum absolute atomic E-state index is 0.0800. The number of nitrogens with two attached hydrogens (primary N) is 1. The molecule has 3 heteroatoms. The molecule has 0 amide bonds. The molecule has 1 aliphatic carbocycles. The van der Waals surface area contributed by atoms with Crippen LogP contribution in [0, 0.1) is 5.92 Å². The van der Waals surface area contributed by atoms with E-state index in [4.69, 9.17) is 10.5 Å². The minimum Gasteiger partial charge on any atom is -0.495 e. The Morgan fingerprint density at radius 1 is 1.16 bits per heavy atom. The van der Waals surface area contributed by atoms with E-state index in [1.54, 1.807) is 13.3 Å². The molecular weight excluding hydrogens is 236 g/mol. The standard InChI is InChI=1S/C16H18N2O/c1-19-14-7-4-8-18-16(14)15(17)13-9-11-5-2-3-6-12(11)10-13/h2-8,13,15H,9-10,17H2,1H3. The molecule has 0 saturated heterocycles. The van der Waals surface area contributed by atoms with E-state index in [1.165, 1.54) is 11.1 Å². The van der Waals surface area contributed by atoms with Gasteiger partial charge < -0.3 is 10.5 Å². The lowest BCUT2D eigenvalue weighted by atomic mass is 9.94. The zero-order valence-corrected chi connectivity index (χ0v) is 11.0. The summed E-state index contributed by atoms with van der Waals surface area (Å²) in [5.74, 6) is 1.19. The summed E-state index contributed by atoms with van der Waals surface area (Å²) >= 11 is 0. The van der Waals surface area contributed by atoms with Crippen molar-refractivity contribution in [1.29, 1.82) is 0 Å². The maximum atomic E-state index is 6.41. The molecule has 1 aromatic carbocycles. The van der Waals surface area contributed by atoms with Crippen LogP contribution in [-0.4, -0.2) is 12.1 Å². The molecule has 0 saturated carbocycles. The number of ether oxygens (including phenoxy) is 1. The normalized spacial score (nSPS) is 16.1. The summed E-state index contributed by atoms with van der Waals surface area (Å²) < 4.78 is 5.36. The molecule has 0 bridgehead atoms.